The molecule has 1 rings (SSSR count). The molecule has 1 N–H and O–H groups in total. The predicted molar refractivity (Wildman–Crippen MR) is 59.4 cm³/mol. The molecule has 0 bridgehead atoms. The van der Waals surface area contributed by atoms with Gasteiger partial charge in [-0.2, -0.15) is 0 Å². The first-order chi connectivity index (χ1) is 6.72. The maximum atomic E-state index is 11.3. The number of nitrogens with one attached hydrogen (secondary N) is 1. The molecule has 1 heterocycles. The number of amides is 1. The fourth-order valence-corrected chi connectivity index (χ4v) is 1.44. The number of aromatic nitrogens is 1. The van der Waals surface area contributed by atoms with Gasteiger partial charge in [0.05, 0.1) is 12.1 Å². The van der Waals surface area contributed by atoms with Crippen molar-refractivity contribution in [3.63, 3.8) is 0 Å². The second-order valence-electron chi connectivity index (χ2n) is 2.67. The van der Waals surface area contributed by atoms with Gasteiger partial charge in [0, 0.05) is 12.4 Å². The van der Waals surface area contributed by atoms with Crippen LogP contribution in [0, 0.1) is 0 Å². The molecule has 0 saturated carbocycles. The average molecular weight is 278 g/mol. The number of carbonyl (C=O) groups excluding carboxylic acids is 1. The highest BCUT2D eigenvalue weighted by atomic mass is 79.9. The third-order valence-corrected chi connectivity index (χ3v) is 2.16. The second-order valence-corrected chi connectivity index (χ2v) is 3.86. The van der Waals surface area contributed by atoms with Crippen LogP contribution in [-0.4, -0.2) is 23.3 Å². The van der Waals surface area contributed by atoms with E-state index in [9.17, 15) is 4.79 Å². The van der Waals surface area contributed by atoms with Gasteiger partial charge in [0.1, 0.15) is 4.60 Å². The zero-order valence-corrected chi connectivity index (χ0v) is 9.81. The number of hydrogen-bond acceptors (Lipinski definition) is 2. The number of halogens is 2. The summed E-state index contributed by atoms with van der Waals surface area (Å²) in [4.78, 5) is 15.4. The summed E-state index contributed by atoms with van der Waals surface area (Å²) in [6.07, 6.45) is 0.288. The fraction of sp³-hybridized carbons (Fsp3) is 0.333. The summed E-state index contributed by atoms with van der Waals surface area (Å²) >= 11 is 8.68. The summed E-state index contributed by atoms with van der Waals surface area (Å²) < 4.78 is 0.736. The molecule has 3 nitrogen and oxygen atoms in total. The van der Waals surface area contributed by atoms with Crippen molar-refractivity contribution in [1.82, 2.24) is 10.3 Å². The second kappa shape index (κ2) is 5.98. The van der Waals surface area contributed by atoms with Gasteiger partial charge < -0.3 is 5.32 Å². The topological polar surface area (TPSA) is 42.0 Å². The molecule has 0 unspecified atom stereocenters. The van der Waals surface area contributed by atoms with Crippen LogP contribution in [0.5, 0.6) is 0 Å². The van der Waals surface area contributed by atoms with E-state index < -0.39 is 0 Å². The average Bonchev–Trinajstić information content (AvgIpc) is 2.15. The first-order valence-corrected chi connectivity index (χ1v) is 5.49. The number of hydrogen-bond donors (Lipinski definition) is 1. The van der Waals surface area contributed by atoms with Crippen molar-refractivity contribution in [2.24, 2.45) is 0 Å². The normalized spacial score (nSPS) is 9.86. The highest BCUT2D eigenvalue weighted by Gasteiger charge is 2.03. The molecule has 0 aliphatic carbocycles. The number of alkyl halides is 1. The van der Waals surface area contributed by atoms with Gasteiger partial charge in [0.25, 0.3) is 0 Å². The smallest absolute Gasteiger partial charge is 0.226 e. The maximum absolute atomic E-state index is 11.3. The highest BCUT2D eigenvalue weighted by Crippen LogP contribution is 2.06. The molecule has 14 heavy (non-hydrogen) atoms. The summed E-state index contributed by atoms with van der Waals surface area (Å²) in [5.41, 5.74) is 0.742. The van der Waals surface area contributed by atoms with Gasteiger partial charge in [-0.1, -0.05) is 6.07 Å². The van der Waals surface area contributed by atoms with E-state index in [1.807, 2.05) is 18.2 Å². The van der Waals surface area contributed by atoms with E-state index in [0.29, 0.717) is 12.4 Å². The Morgan fingerprint density at radius 1 is 1.57 bits per heavy atom. The van der Waals surface area contributed by atoms with Gasteiger partial charge in [-0.3, -0.25) is 4.79 Å². The molecule has 0 fully saturated rings. The van der Waals surface area contributed by atoms with Crippen LogP contribution in [0.3, 0.4) is 0 Å². The van der Waals surface area contributed by atoms with Crippen molar-refractivity contribution in [2.45, 2.75) is 6.42 Å². The Kier molecular flexibility index (Phi) is 4.90. The SMILES string of the molecule is O=C(Cc1cccc(Br)n1)NCCCl. The van der Waals surface area contributed by atoms with Gasteiger partial charge >= 0.3 is 0 Å². The third-order valence-electron chi connectivity index (χ3n) is 1.53. The van der Waals surface area contributed by atoms with E-state index in [0.717, 1.165) is 10.3 Å². The van der Waals surface area contributed by atoms with Gasteiger partial charge in [0.2, 0.25) is 5.91 Å². The summed E-state index contributed by atoms with van der Waals surface area (Å²) in [6.45, 7) is 0.494. The minimum absolute atomic E-state index is 0.0590. The molecular weight excluding hydrogens is 267 g/mol. The lowest BCUT2D eigenvalue weighted by molar-refractivity contribution is -0.120. The zero-order valence-electron chi connectivity index (χ0n) is 7.46. The molecule has 76 valence electrons. The van der Waals surface area contributed by atoms with Crippen LogP contribution >= 0.6 is 27.5 Å². The molecule has 0 aliphatic rings. The third kappa shape index (κ3) is 4.07. The van der Waals surface area contributed by atoms with E-state index in [-0.39, 0.29) is 12.3 Å². The van der Waals surface area contributed by atoms with Crippen molar-refractivity contribution < 1.29 is 4.79 Å². The fourth-order valence-electron chi connectivity index (χ4n) is 0.962. The molecule has 0 saturated heterocycles. The van der Waals surface area contributed by atoms with Crippen molar-refractivity contribution in [3.05, 3.63) is 28.5 Å². The minimum atomic E-state index is -0.0590. The highest BCUT2D eigenvalue weighted by molar-refractivity contribution is 9.10. The van der Waals surface area contributed by atoms with Crippen molar-refractivity contribution in [2.75, 3.05) is 12.4 Å². The molecule has 0 atom stereocenters. The molecule has 1 aromatic heterocycles. The Morgan fingerprint density at radius 2 is 2.36 bits per heavy atom. The van der Waals surface area contributed by atoms with Gasteiger partial charge in [-0.05, 0) is 28.1 Å². The molecule has 0 spiro atoms. The van der Waals surface area contributed by atoms with Crippen molar-refractivity contribution in [1.29, 1.82) is 0 Å². The van der Waals surface area contributed by atoms with Crippen LogP contribution < -0.4 is 5.32 Å². The van der Waals surface area contributed by atoms with E-state index >= 15 is 0 Å². The lowest BCUT2D eigenvalue weighted by Crippen LogP contribution is -2.27. The molecule has 0 radical (unpaired) electrons. The summed E-state index contributed by atoms with van der Waals surface area (Å²) in [5.74, 6) is 0.369. The molecular formula is C9H10BrClN2O. The summed E-state index contributed by atoms with van der Waals surface area (Å²) in [6, 6.07) is 5.48. The molecule has 0 aliphatic heterocycles. The van der Waals surface area contributed by atoms with E-state index in [2.05, 4.69) is 26.2 Å². The number of rotatable bonds is 4. The Bertz CT molecular complexity index is 319. The molecule has 0 aromatic carbocycles. The predicted octanol–water partition coefficient (Wildman–Crippen LogP) is 1.74. The quantitative estimate of drug-likeness (QED) is 0.673. The molecule has 1 aromatic rings. The van der Waals surface area contributed by atoms with Gasteiger partial charge in [-0.25, -0.2) is 4.98 Å². The number of pyridine rings is 1. The Morgan fingerprint density at radius 3 is 3.00 bits per heavy atom. The first kappa shape index (κ1) is 11.5. The lowest BCUT2D eigenvalue weighted by atomic mass is 10.2. The van der Waals surface area contributed by atoms with E-state index in [1.54, 1.807) is 0 Å². The summed E-state index contributed by atoms with van der Waals surface area (Å²) in [5, 5.41) is 2.67. The summed E-state index contributed by atoms with van der Waals surface area (Å²) in [7, 11) is 0. The van der Waals surface area contributed by atoms with Gasteiger partial charge in [0.15, 0.2) is 0 Å². The monoisotopic (exact) mass is 276 g/mol. The van der Waals surface area contributed by atoms with E-state index in [4.69, 9.17) is 11.6 Å². The number of nitrogens with zero attached hydrogens (tertiary/aromatic N) is 1. The standard InChI is InChI=1S/C9H10BrClN2O/c10-8-3-1-2-7(13-8)6-9(14)12-5-4-11/h1-3H,4-6H2,(H,12,14). The van der Waals surface area contributed by atoms with Crippen LogP contribution in [0.25, 0.3) is 0 Å². The Labute approximate surface area is 96.0 Å². The van der Waals surface area contributed by atoms with Crippen LogP contribution in [0.1, 0.15) is 5.69 Å². The van der Waals surface area contributed by atoms with Gasteiger partial charge in [-0.15, -0.1) is 11.6 Å². The lowest BCUT2D eigenvalue weighted by Gasteiger charge is -2.02. The minimum Gasteiger partial charge on any atom is -0.355 e. The zero-order chi connectivity index (χ0) is 10.4. The first-order valence-electron chi connectivity index (χ1n) is 4.16. The van der Waals surface area contributed by atoms with E-state index in [1.165, 1.54) is 0 Å². The van der Waals surface area contributed by atoms with Crippen LogP contribution in [0.15, 0.2) is 22.8 Å². The van der Waals surface area contributed by atoms with Crippen LogP contribution in [0.2, 0.25) is 0 Å². The van der Waals surface area contributed by atoms with Crippen molar-refractivity contribution >= 4 is 33.4 Å². The Hall–Kier alpha value is -0.610. The largest absolute Gasteiger partial charge is 0.355 e. The molecule has 1 amide bonds. The maximum Gasteiger partial charge on any atom is 0.226 e. The Balaban J connectivity index is 2.47. The number of carbonyl (C=O) groups is 1. The van der Waals surface area contributed by atoms with Crippen LogP contribution in [0.4, 0.5) is 0 Å². The van der Waals surface area contributed by atoms with Crippen LogP contribution in [-0.2, 0) is 11.2 Å². The molecule has 5 heteroatoms. The van der Waals surface area contributed by atoms with Crippen molar-refractivity contribution in [3.8, 4) is 0 Å².